The molecule has 0 amide bonds. The van der Waals surface area contributed by atoms with E-state index < -0.39 is 0 Å². The quantitative estimate of drug-likeness (QED) is 0.507. The summed E-state index contributed by atoms with van der Waals surface area (Å²) < 4.78 is 0. The summed E-state index contributed by atoms with van der Waals surface area (Å²) in [4.78, 5) is 5.16. The molecule has 0 saturated carbocycles. The van der Waals surface area contributed by atoms with Crippen molar-refractivity contribution in [3.63, 3.8) is 0 Å². The number of aryl methyl sites for hydroxylation is 1. The Morgan fingerprint density at radius 2 is 1.86 bits per heavy atom. The molecule has 1 aromatic rings. The van der Waals surface area contributed by atoms with Crippen LogP contribution in [-0.2, 0) is 19.5 Å². The maximum Gasteiger partial charge on any atom is 0.388 e. The van der Waals surface area contributed by atoms with Gasteiger partial charge in [-0.3, -0.25) is 0 Å². The fraction of sp³-hybridized carbons (Fsp3) is 0.333. The van der Waals surface area contributed by atoms with Gasteiger partial charge in [0, 0.05) is 50.9 Å². The van der Waals surface area contributed by atoms with Crippen molar-refractivity contribution < 1.29 is 31.9 Å². The molecular weight excluding hydrogens is 251 g/mol. The third-order valence-corrected chi connectivity index (χ3v) is 1.80. The van der Waals surface area contributed by atoms with Crippen LogP contribution in [0.5, 0.6) is 0 Å². The van der Waals surface area contributed by atoms with Crippen molar-refractivity contribution in [1.29, 1.82) is 5.39 Å². The van der Waals surface area contributed by atoms with Crippen LogP contribution in [-0.4, -0.2) is 14.1 Å². The molecule has 0 aliphatic carbocycles. The smallest absolute Gasteiger partial charge is 0.388 e. The van der Waals surface area contributed by atoms with E-state index in [2.05, 4.69) is 4.98 Å². The van der Waals surface area contributed by atoms with Crippen LogP contribution < -0.4 is 17.3 Å². The Bertz CT molecular complexity index is 333. The largest absolute Gasteiger partial charge is 1.00 e. The van der Waals surface area contributed by atoms with E-state index in [0.717, 1.165) is 11.3 Å². The molecular formula is C9H12ClN3Zn. The second-order valence-corrected chi connectivity index (χ2v) is 2.97. The Labute approximate surface area is 103 Å². The topological polar surface area (TPSA) is 31.4 Å². The molecule has 0 atom stereocenters. The predicted molar refractivity (Wildman–Crippen MR) is 50.3 cm³/mol. The summed E-state index contributed by atoms with van der Waals surface area (Å²) in [6.45, 7) is 1.92. The summed E-state index contributed by atoms with van der Waals surface area (Å²) in [5.41, 5.74) is 2.71. The monoisotopic (exact) mass is 261 g/mol. The Morgan fingerprint density at radius 3 is 2.21 bits per heavy atom. The van der Waals surface area contributed by atoms with Gasteiger partial charge in [-0.15, -0.1) is 0 Å². The molecule has 0 fully saturated rings. The van der Waals surface area contributed by atoms with E-state index in [0.29, 0.717) is 5.69 Å². The van der Waals surface area contributed by atoms with Gasteiger partial charge in [-0.05, 0) is 19.1 Å². The number of rotatable bonds is 1. The van der Waals surface area contributed by atoms with E-state index in [9.17, 15) is 0 Å². The van der Waals surface area contributed by atoms with Crippen LogP contribution in [0.25, 0.3) is 4.98 Å². The summed E-state index contributed by atoms with van der Waals surface area (Å²) in [6, 6.07) is 5.70. The average molecular weight is 263 g/mol. The average Bonchev–Trinajstić information content (AvgIpc) is 2.04. The van der Waals surface area contributed by atoms with Crippen LogP contribution in [0.4, 0.5) is 11.4 Å². The molecule has 1 rings (SSSR count). The molecule has 0 aliphatic heterocycles. The third kappa shape index (κ3) is 3.61. The molecule has 0 spiro atoms. The zero-order valence-corrected chi connectivity index (χ0v) is 12.4. The van der Waals surface area contributed by atoms with Crippen molar-refractivity contribution in [3.05, 3.63) is 28.7 Å². The van der Waals surface area contributed by atoms with Crippen molar-refractivity contribution in [2.24, 2.45) is 0 Å². The molecule has 0 saturated heterocycles. The van der Waals surface area contributed by atoms with Gasteiger partial charge in [-0.2, -0.15) is 0 Å². The van der Waals surface area contributed by atoms with Crippen LogP contribution in [0, 0.1) is 12.3 Å². The van der Waals surface area contributed by atoms with Crippen molar-refractivity contribution in [1.82, 2.24) is 0 Å². The molecule has 0 radical (unpaired) electrons. The first-order valence-corrected chi connectivity index (χ1v) is 3.78. The molecule has 14 heavy (non-hydrogen) atoms. The van der Waals surface area contributed by atoms with Gasteiger partial charge in [0.25, 0.3) is 0 Å². The van der Waals surface area contributed by atoms with E-state index >= 15 is 0 Å². The zero-order chi connectivity index (χ0) is 9.14. The van der Waals surface area contributed by atoms with Gasteiger partial charge in [-0.1, -0.05) is 0 Å². The number of nitrogens with zero attached hydrogens (tertiary/aromatic N) is 3. The van der Waals surface area contributed by atoms with Crippen molar-refractivity contribution in [3.8, 4) is 0 Å². The first-order valence-electron chi connectivity index (χ1n) is 3.78. The molecule has 3 nitrogen and oxygen atoms in total. The number of hydrogen-bond donors (Lipinski definition) is 0. The second kappa shape index (κ2) is 6.76. The maximum atomic E-state index is 8.56. The first kappa shape index (κ1) is 15.8. The maximum absolute atomic E-state index is 8.56. The summed E-state index contributed by atoms with van der Waals surface area (Å²) in [6.07, 6.45) is 0. The Kier molecular flexibility index (Phi) is 7.63. The van der Waals surface area contributed by atoms with Gasteiger partial charge >= 0.3 is 5.69 Å². The number of hydrogen-bond acceptors (Lipinski definition) is 2. The fourth-order valence-electron chi connectivity index (χ4n) is 1.03. The normalized spacial score (nSPS) is 7.86. The van der Waals surface area contributed by atoms with Crippen LogP contribution >= 0.6 is 0 Å². The second-order valence-electron chi connectivity index (χ2n) is 2.97. The molecule has 5 heteroatoms. The summed E-state index contributed by atoms with van der Waals surface area (Å²) in [5, 5.41) is 8.56. The van der Waals surface area contributed by atoms with Crippen LogP contribution in [0.3, 0.4) is 0 Å². The summed E-state index contributed by atoms with van der Waals surface area (Å²) >= 11 is 0. The minimum atomic E-state index is 0. The minimum Gasteiger partial charge on any atom is -1.00 e. The Morgan fingerprint density at radius 1 is 1.29 bits per heavy atom. The van der Waals surface area contributed by atoms with Gasteiger partial charge in [0.05, 0.1) is 0 Å². The van der Waals surface area contributed by atoms with Crippen molar-refractivity contribution in [2.75, 3.05) is 19.0 Å². The molecule has 72 valence electrons. The molecule has 0 unspecified atom stereocenters. The fourth-order valence-corrected chi connectivity index (χ4v) is 1.03. The van der Waals surface area contributed by atoms with Gasteiger partial charge < -0.3 is 17.3 Å². The van der Waals surface area contributed by atoms with E-state index in [-0.39, 0.29) is 31.9 Å². The van der Waals surface area contributed by atoms with Gasteiger partial charge in [-0.25, -0.2) is 0 Å². The number of benzene rings is 1. The summed E-state index contributed by atoms with van der Waals surface area (Å²) in [7, 11) is 3.95. The first-order chi connectivity index (χ1) is 5.65. The molecule has 0 aromatic heterocycles. The summed E-state index contributed by atoms with van der Waals surface area (Å²) in [5.74, 6) is 0. The van der Waals surface area contributed by atoms with Gasteiger partial charge in [0.2, 0.25) is 5.39 Å². The Balaban J connectivity index is 0. The standard InChI is InChI=1S/C9H12N3.ClH.Zn/c1-7-6-8(12(2)3)4-5-9(7)11-10;;/h4-6H,1-3H3;1H;/q+1;;/p-1. The molecule has 0 bridgehead atoms. The van der Waals surface area contributed by atoms with E-state index in [1.807, 2.05) is 38.1 Å². The van der Waals surface area contributed by atoms with Crippen LogP contribution in [0.2, 0.25) is 0 Å². The van der Waals surface area contributed by atoms with Gasteiger partial charge in [0.1, 0.15) is 0 Å². The third-order valence-electron chi connectivity index (χ3n) is 1.80. The number of anilines is 1. The molecule has 0 heterocycles. The van der Waals surface area contributed by atoms with E-state index in [1.54, 1.807) is 6.07 Å². The Hall–Kier alpha value is -0.647. The zero-order valence-electron chi connectivity index (χ0n) is 8.66. The molecule has 1 aromatic carbocycles. The van der Waals surface area contributed by atoms with E-state index in [4.69, 9.17) is 5.39 Å². The molecule has 0 aliphatic rings. The SMILES string of the molecule is Cc1cc(N(C)C)ccc1[N+]#N.[Cl-].[Zn]. The minimum absolute atomic E-state index is 0. The number of halogens is 1. The van der Waals surface area contributed by atoms with Crippen molar-refractivity contribution in [2.45, 2.75) is 6.92 Å². The van der Waals surface area contributed by atoms with Crippen LogP contribution in [0.1, 0.15) is 5.56 Å². The van der Waals surface area contributed by atoms with E-state index in [1.165, 1.54) is 0 Å². The predicted octanol–water partition coefficient (Wildman–Crippen LogP) is -0.453. The van der Waals surface area contributed by atoms with Crippen LogP contribution in [0.15, 0.2) is 18.2 Å². The molecule has 0 N–H and O–H groups in total. The van der Waals surface area contributed by atoms with Gasteiger partial charge in [0.15, 0.2) is 4.98 Å². The van der Waals surface area contributed by atoms with Crippen molar-refractivity contribution >= 4 is 11.4 Å². The number of diazo groups is 1.